The van der Waals surface area contributed by atoms with Crippen LogP contribution in [0.1, 0.15) is 0 Å². The van der Waals surface area contributed by atoms with Crippen LogP contribution < -0.4 is 0 Å². The van der Waals surface area contributed by atoms with Gasteiger partial charge in [-0.05, 0) is 78.5 Å². The summed E-state index contributed by atoms with van der Waals surface area (Å²) in [6.07, 6.45) is 0. The maximum Gasteiger partial charge on any atom is 0.0557 e. The Hall–Kier alpha value is -6.90. The molecule has 13 rings (SSSR count). The molecule has 52 heavy (non-hydrogen) atoms. The van der Waals surface area contributed by atoms with Gasteiger partial charge < -0.3 is 9.97 Å². The Balaban J connectivity index is 1.26. The molecule has 2 nitrogen and oxygen atoms in total. The first-order chi connectivity index (χ1) is 25.8. The molecule has 0 atom stereocenters. The quantitative estimate of drug-likeness (QED) is 0.186. The molecule has 2 aliphatic rings. The van der Waals surface area contributed by atoms with E-state index in [0.717, 1.165) is 11.0 Å². The molecule has 0 bridgehead atoms. The Kier molecular flexibility index (Phi) is 4.89. The second-order valence-electron chi connectivity index (χ2n) is 14.5. The first-order valence-corrected chi connectivity index (χ1v) is 18.1. The highest BCUT2D eigenvalue weighted by Crippen LogP contribution is 2.57. The Bertz CT molecular complexity index is 3150. The molecule has 0 spiro atoms. The van der Waals surface area contributed by atoms with Gasteiger partial charge in [0.15, 0.2) is 0 Å². The molecule has 0 radical (unpaired) electrons. The summed E-state index contributed by atoms with van der Waals surface area (Å²) < 4.78 is 0. The zero-order valence-corrected chi connectivity index (χ0v) is 28.0. The summed E-state index contributed by atoms with van der Waals surface area (Å²) in [5.41, 5.74) is 20.2. The fourth-order valence-electron chi connectivity index (χ4n) is 10.0. The first kappa shape index (κ1) is 26.9. The summed E-state index contributed by atoms with van der Waals surface area (Å²) in [6.45, 7) is 0. The second-order valence-corrected chi connectivity index (χ2v) is 14.5. The molecule has 9 aromatic carbocycles. The number of rotatable bonds is 2. The van der Waals surface area contributed by atoms with E-state index in [-0.39, 0.29) is 0 Å². The molecular weight excluding hydrogens is 629 g/mol. The lowest BCUT2D eigenvalue weighted by molar-refractivity contribution is 1.53. The van der Waals surface area contributed by atoms with Gasteiger partial charge in [0.05, 0.1) is 11.0 Å². The van der Waals surface area contributed by atoms with Gasteiger partial charge in [-0.1, -0.05) is 146 Å². The minimum atomic E-state index is 1.15. The SMILES string of the molecule is c1ccc(-c2c3cccc4c3c(c3[nH]c5cc6[nH]c7c8c9c(cccc9c(-c9ccccc9)c7c6cc5c23)-c2ccccc2-8)-c2ccccc2-4)cc1. The topological polar surface area (TPSA) is 31.6 Å². The number of hydrogen-bond acceptors (Lipinski definition) is 0. The summed E-state index contributed by atoms with van der Waals surface area (Å²) >= 11 is 0. The maximum atomic E-state index is 4.02. The van der Waals surface area contributed by atoms with Gasteiger partial charge in [-0.2, -0.15) is 0 Å². The van der Waals surface area contributed by atoms with Crippen molar-refractivity contribution >= 4 is 65.2 Å². The molecule has 0 unspecified atom stereocenters. The fourth-order valence-corrected chi connectivity index (χ4v) is 10.0. The zero-order valence-electron chi connectivity index (χ0n) is 28.0. The van der Waals surface area contributed by atoms with E-state index in [1.165, 1.54) is 121 Å². The monoisotopic (exact) mass is 656 g/mol. The van der Waals surface area contributed by atoms with Gasteiger partial charge in [0.1, 0.15) is 0 Å². The lowest BCUT2D eigenvalue weighted by Gasteiger charge is -2.14. The van der Waals surface area contributed by atoms with Crippen LogP contribution in [0, 0.1) is 0 Å². The van der Waals surface area contributed by atoms with Crippen LogP contribution in [-0.4, -0.2) is 9.97 Å². The Morgan fingerprint density at radius 3 is 1.13 bits per heavy atom. The number of fused-ring (bicyclic) bond motifs is 14. The van der Waals surface area contributed by atoms with Crippen LogP contribution in [0.2, 0.25) is 0 Å². The van der Waals surface area contributed by atoms with Gasteiger partial charge in [0, 0.05) is 54.5 Å². The minimum Gasteiger partial charge on any atom is -0.354 e. The van der Waals surface area contributed by atoms with E-state index >= 15 is 0 Å². The van der Waals surface area contributed by atoms with Gasteiger partial charge in [-0.15, -0.1) is 0 Å². The highest BCUT2D eigenvalue weighted by molar-refractivity contribution is 6.36. The van der Waals surface area contributed by atoms with Crippen LogP contribution in [0.25, 0.3) is 132 Å². The zero-order chi connectivity index (χ0) is 33.7. The molecule has 238 valence electrons. The minimum absolute atomic E-state index is 1.15. The molecule has 0 aliphatic heterocycles. The maximum absolute atomic E-state index is 4.02. The van der Waals surface area contributed by atoms with Crippen LogP contribution >= 0.6 is 0 Å². The van der Waals surface area contributed by atoms with Gasteiger partial charge in [0.25, 0.3) is 0 Å². The van der Waals surface area contributed by atoms with Crippen LogP contribution in [0.4, 0.5) is 0 Å². The van der Waals surface area contributed by atoms with Crippen molar-refractivity contribution in [2.24, 2.45) is 0 Å². The van der Waals surface area contributed by atoms with Crippen LogP contribution in [0.3, 0.4) is 0 Å². The molecule has 0 saturated carbocycles. The van der Waals surface area contributed by atoms with Crippen molar-refractivity contribution < 1.29 is 0 Å². The Labute approximate surface area is 298 Å². The normalized spacial score (nSPS) is 12.6. The highest BCUT2D eigenvalue weighted by Gasteiger charge is 2.31. The summed E-state index contributed by atoms with van der Waals surface area (Å²) in [5, 5.41) is 10.4. The Morgan fingerprint density at radius 1 is 0.269 bits per heavy atom. The van der Waals surface area contributed by atoms with E-state index in [1.807, 2.05) is 0 Å². The molecule has 2 N–H and O–H groups in total. The smallest absolute Gasteiger partial charge is 0.0557 e. The lowest BCUT2D eigenvalue weighted by Crippen LogP contribution is -1.87. The number of nitrogens with one attached hydrogen (secondary N) is 2. The third-order valence-corrected chi connectivity index (χ3v) is 12.0. The van der Waals surface area contributed by atoms with Crippen molar-refractivity contribution in [3.8, 4) is 66.8 Å². The van der Waals surface area contributed by atoms with Crippen LogP contribution in [0.15, 0.2) is 158 Å². The van der Waals surface area contributed by atoms with E-state index in [2.05, 4.69) is 168 Å². The van der Waals surface area contributed by atoms with E-state index in [9.17, 15) is 0 Å². The van der Waals surface area contributed by atoms with Gasteiger partial charge in [0.2, 0.25) is 0 Å². The predicted molar refractivity (Wildman–Crippen MR) is 220 cm³/mol. The first-order valence-electron chi connectivity index (χ1n) is 18.1. The number of aromatic amines is 2. The predicted octanol–water partition coefficient (Wildman–Crippen LogP) is 13.9. The number of benzene rings is 9. The van der Waals surface area contributed by atoms with Crippen LogP contribution in [0.5, 0.6) is 0 Å². The molecule has 2 heteroatoms. The van der Waals surface area contributed by atoms with Crippen LogP contribution in [-0.2, 0) is 0 Å². The molecule has 11 aromatic rings. The largest absolute Gasteiger partial charge is 0.354 e. The van der Waals surface area contributed by atoms with Crippen molar-refractivity contribution in [2.75, 3.05) is 0 Å². The van der Waals surface area contributed by atoms with Gasteiger partial charge in [-0.25, -0.2) is 0 Å². The molecule has 0 fully saturated rings. The molecule has 2 aromatic heterocycles. The fraction of sp³-hybridized carbons (Fsp3) is 0. The Morgan fingerprint density at radius 2 is 0.673 bits per heavy atom. The number of aromatic nitrogens is 2. The van der Waals surface area contributed by atoms with E-state index in [1.54, 1.807) is 0 Å². The molecule has 0 saturated heterocycles. The molecule has 2 heterocycles. The number of H-pyrrole nitrogens is 2. The average Bonchev–Trinajstić information content (AvgIpc) is 3.95. The standard InChI is InChI=1S/C50H28N2/c1-3-13-27(14-4-1)41-35-23-11-21-31-29-17-7-9-19-33(29)45(43(31)35)49-47(41)37-25-38-40(26-39(37)51-49)52-50-46-34-20-10-8-18-30(34)32-22-12-24-36(44(32)46)42(48(38)50)28-15-5-2-6-16-28/h1-26,51-52H. The van der Waals surface area contributed by atoms with Crippen molar-refractivity contribution in [3.63, 3.8) is 0 Å². The third kappa shape index (κ3) is 3.18. The van der Waals surface area contributed by atoms with Crippen molar-refractivity contribution in [1.29, 1.82) is 0 Å². The second kappa shape index (κ2) is 9.45. The molecule has 0 amide bonds. The van der Waals surface area contributed by atoms with E-state index in [4.69, 9.17) is 0 Å². The number of hydrogen-bond donors (Lipinski definition) is 2. The summed E-state index contributed by atoms with van der Waals surface area (Å²) in [4.78, 5) is 8.05. The summed E-state index contributed by atoms with van der Waals surface area (Å²) in [6, 6.07) is 58.3. The van der Waals surface area contributed by atoms with Gasteiger partial charge >= 0.3 is 0 Å². The molecule has 2 aliphatic carbocycles. The van der Waals surface area contributed by atoms with Crippen molar-refractivity contribution in [3.05, 3.63) is 158 Å². The third-order valence-electron chi connectivity index (χ3n) is 12.0. The van der Waals surface area contributed by atoms with E-state index < -0.39 is 0 Å². The van der Waals surface area contributed by atoms with Crippen molar-refractivity contribution in [1.82, 2.24) is 9.97 Å². The summed E-state index contributed by atoms with van der Waals surface area (Å²) in [5.74, 6) is 0. The lowest BCUT2D eigenvalue weighted by atomic mass is 9.88. The molecular formula is C50H28N2. The van der Waals surface area contributed by atoms with E-state index in [0.29, 0.717) is 0 Å². The average molecular weight is 657 g/mol. The highest BCUT2D eigenvalue weighted by atomic mass is 14.7. The van der Waals surface area contributed by atoms with Gasteiger partial charge in [-0.3, -0.25) is 0 Å². The van der Waals surface area contributed by atoms with Crippen molar-refractivity contribution in [2.45, 2.75) is 0 Å². The summed E-state index contributed by atoms with van der Waals surface area (Å²) in [7, 11) is 0.